The van der Waals surface area contributed by atoms with Crippen molar-refractivity contribution in [3.05, 3.63) is 101 Å². The minimum Gasteiger partial charge on any atom is -0.467 e. The quantitative estimate of drug-likeness (QED) is 0.265. The first kappa shape index (κ1) is 34.0. The standard InChI is InChI=1S/C37H45N3O8/c1-25-32(23-40-17-15-37(16-18-40)45-19-20-46-37)47-35(48-33(25)28-13-11-27(24-41)12-14-28)29-9-6-10-30(22-29)38-36(43)39-31(34(42)44-2)21-26-7-4-3-5-8-26/h3-14,22,25,31-33,35,41H,15-21,23-24H2,1-2H3,(H2,38,39,43)/t25-,31+,32+,33+,35+/m1/s1. The monoisotopic (exact) mass is 659 g/mol. The second-order valence-corrected chi connectivity index (χ2v) is 12.7. The van der Waals surface area contributed by atoms with E-state index in [0.29, 0.717) is 25.3 Å². The van der Waals surface area contributed by atoms with Crippen LogP contribution < -0.4 is 10.6 Å². The molecule has 5 atom stereocenters. The molecule has 3 aromatic rings. The van der Waals surface area contributed by atoms with Gasteiger partial charge in [0.2, 0.25) is 0 Å². The van der Waals surface area contributed by atoms with Crippen molar-refractivity contribution in [1.29, 1.82) is 0 Å². The second-order valence-electron chi connectivity index (χ2n) is 12.7. The first-order valence-electron chi connectivity index (χ1n) is 16.6. The molecule has 256 valence electrons. The van der Waals surface area contributed by atoms with Crippen LogP contribution in [0, 0.1) is 5.92 Å². The fraction of sp³-hybridized carbons (Fsp3) is 0.459. The summed E-state index contributed by atoms with van der Waals surface area (Å²) < 4.78 is 30.2. The molecule has 2 amide bonds. The largest absolute Gasteiger partial charge is 0.467 e. The Bertz CT molecular complexity index is 1500. The average Bonchev–Trinajstić information content (AvgIpc) is 3.58. The molecule has 0 aliphatic carbocycles. The van der Waals surface area contributed by atoms with Crippen LogP contribution in [0.15, 0.2) is 78.9 Å². The number of nitrogens with zero attached hydrogens (tertiary/aromatic N) is 1. The summed E-state index contributed by atoms with van der Waals surface area (Å²) in [5.41, 5.74) is 4.01. The molecular formula is C37H45N3O8. The molecule has 3 heterocycles. The number of aliphatic hydroxyl groups is 1. The second kappa shape index (κ2) is 15.6. The lowest BCUT2D eigenvalue weighted by Gasteiger charge is -2.44. The first-order chi connectivity index (χ1) is 23.3. The third-order valence-corrected chi connectivity index (χ3v) is 9.48. The number of anilines is 1. The molecule has 1 spiro atoms. The first-order valence-corrected chi connectivity index (χ1v) is 16.6. The van der Waals surface area contributed by atoms with Gasteiger partial charge in [-0.3, -0.25) is 0 Å². The highest BCUT2D eigenvalue weighted by atomic mass is 16.7. The molecule has 0 radical (unpaired) electrons. The summed E-state index contributed by atoms with van der Waals surface area (Å²) in [5.74, 6) is -0.948. The molecule has 11 nitrogen and oxygen atoms in total. The van der Waals surface area contributed by atoms with E-state index in [2.05, 4.69) is 22.5 Å². The van der Waals surface area contributed by atoms with Crippen molar-refractivity contribution in [3.63, 3.8) is 0 Å². The molecule has 3 fully saturated rings. The summed E-state index contributed by atoms with van der Waals surface area (Å²) in [5, 5.41) is 15.2. The number of aliphatic hydroxyl groups excluding tert-OH is 1. The van der Waals surface area contributed by atoms with Crippen molar-refractivity contribution >= 4 is 17.7 Å². The number of hydrogen-bond acceptors (Lipinski definition) is 9. The lowest BCUT2D eigenvalue weighted by atomic mass is 9.89. The van der Waals surface area contributed by atoms with Gasteiger partial charge in [-0.1, -0.05) is 73.7 Å². The maximum Gasteiger partial charge on any atom is 0.328 e. The molecule has 0 aromatic heterocycles. The lowest BCUT2D eigenvalue weighted by molar-refractivity contribution is -0.278. The molecule has 11 heteroatoms. The predicted octanol–water partition coefficient (Wildman–Crippen LogP) is 4.72. The zero-order valence-corrected chi connectivity index (χ0v) is 27.5. The molecule has 0 saturated carbocycles. The van der Waals surface area contributed by atoms with Crippen LogP contribution in [0.4, 0.5) is 10.5 Å². The van der Waals surface area contributed by atoms with E-state index >= 15 is 0 Å². The molecular weight excluding hydrogens is 614 g/mol. The average molecular weight is 660 g/mol. The van der Waals surface area contributed by atoms with Gasteiger partial charge in [-0.05, 0) is 28.8 Å². The Hall–Kier alpha value is -3.84. The van der Waals surface area contributed by atoms with E-state index in [4.69, 9.17) is 23.7 Å². The van der Waals surface area contributed by atoms with E-state index in [0.717, 1.165) is 54.7 Å². The van der Waals surface area contributed by atoms with E-state index in [1.807, 2.05) is 72.8 Å². The molecule has 3 aromatic carbocycles. The number of ether oxygens (including phenoxy) is 5. The number of benzene rings is 3. The third kappa shape index (κ3) is 8.23. The number of hydrogen-bond donors (Lipinski definition) is 3. The molecule has 3 N–H and O–H groups in total. The summed E-state index contributed by atoms with van der Waals surface area (Å²) in [6, 6.07) is 23.2. The summed E-state index contributed by atoms with van der Waals surface area (Å²) in [6.07, 6.45) is 0.818. The zero-order valence-electron chi connectivity index (χ0n) is 27.5. The van der Waals surface area contributed by atoms with Gasteiger partial charge in [-0.2, -0.15) is 0 Å². The summed E-state index contributed by atoms with van der Waals surface area (Å²) in [7, 11) is 1.30. The van der Waals surface area contributed by atoms with Gasteiger partial charge in [0.05, 0.1) is 39.1 Å². The van der Waals surface area contributed by atoms with Gasteiger partial charge in [0.1, 0.15) is 6.04 Å². The van der Waals surface area contributed by atoms with Gasteiger partial charge < -0.3 is 44.3 Å². The Labute approximate surface area is 281 Å². The minimum atomic E-state index is -0.859. The normalized spacial score (nSPS) is 24.6. The Morgan fingerprint density at radius 3 is 2.35 bits per heavy atom. The van der Waals surface area contributed by atoms with Crippen LogP contribution in [0.25, 0.3) is 0 Å². The molecule has 3 aliphatic heterocycles. The molecule has 6 rings (SSSR count). The van der Waals surface area contributed by atoms with Gasteiger partial charge in [-0.15, -0.1) is 0 Å². The Morgan fingerprint density at radius 2 is 1.67 bits per heavy atom. The Morgan fingerprint density at radius 1 is 0.938 bits per heavy atom. The number of methoxy groups -OCH3 is 1. The van der Waals surface area contributed by atoms with E-state index in [1.165, 1.54) is 7.11 Å². The Kier molecular flexibility index (Phi) is 11.1. The van der Waals surface area contributed by atoms with Gasteiger partial charge in [0, 0.05) is 56.1 Å². The number of carbonyl (C=O) groups excluding carboxylic acids is 2. The van der Waals surface area contributed by atoms with Gasteiger partial charge >= 0.3 is 12.0 Å². The maximum absolute atomic E-state index is 13.1. The van der Waals surface area contributed by atoms with Crippen molar-refractivity contribution in [2.45, 2.75) is 63.1 Å². The fourth-order valence-electron chi connectivity index (χ4n) is 6.72. The van der Waals surface area contributed by atoms with Gasteiger partial charge in [0.25, 0.3) is 0 Å². The Balaban J connectivity index is 1.16. The summed E-state index contributed by atoms with van der Waals surface area (Å²) >= 11 is 0. The van der Waals surface area contributed by atoms with Crippen LogP contribution in [-0.2, 0) is 41.5 Å². The topological polar surface area (TPSA) is 128 Å². The number of esters is 1. The molecule has 3 aliphatic rings. The smallest absolute Gasteiger partial charge is 0.328 e. The van der Waals surface area contributed by atoms with Crippen molar-refractivity contribution in [2.24, 2.45) is 5.92 Å². The highest BCUT2D eigenvalue weighted by Gasteiger charge is 2.43. The van der Waals surface area contributed by atoms with Crippen molar-refractivity contribution < 1.29 is 38.4 Å². The van der Waals surface area contributed by atoms with Crippen LogP contribution in [0.5, 0.6) is 0 Å². The SMILES string of the molecule is COC(=O)[C@H](Cc1ccccc1)NC(=O)Nc1cccc([C@H]2O[C@@H](CN3CCC4(CC3)OCCO4)[C@@H](C)[C@@H](c3ccc(CO)cc3)O2)c1. The van der Waals surface area contributed by atoms with Crippen molar-refractivity contribution in [2.75, 3.05) is 45.3 Å². The van der Waals surface area contributed by atoms with Gasteiger partial charge in [0.15, 0.2) is 12.1 Å². The number of nitrogens with one attached hydrogen (secondary N) is 2. The highest BCUT2D eigenvalue weighted by Crippen LogP contribution is 2.42. The molecule has 48 heavy (non-hydrogen) atoms. The number of piperidine rings is 1. The number of likely N-dealkylation sites (tertiary alicyclic amines) is 1. The number of urea groups is 1. The van der Waals surface area contributed by atoms with E-state index in [-0.39, 0.29) is 24.7 Å². The molecule has 0 bridgehead atoms. The van der Waals surface area contributed by atoms with Crippen LogP contribution >= 0.6 is 0 Å². The van der Waals surface area contributed by atoms with Crippen LogP contribution in [0.1, 0.15) is 54.4 Å². The van der Waals surface area contributed by atoms with E-state index in [9.17, 15) is 14.7 Å². The van der Waals surface area contributed by atoms with Crippen LogP contribution in [-0.4, -0.2) is 79.9 Å². The molecule has 0 unspecified atom stereocenters. The van der Waals surface area contributed by atoms with Crippen molar-refractivity contribution in [3.8, 4) is 0 Å². The fourth-order valence-corrected chi connectivity index (χ4v) is 6.72. The van der Waals surface area contributed by atoms with Crippen LogP contribution in [0.3, 0.4) is 0 Å². The summed E-state index contributed by atoms with van der Waals surface area (Å²) in [4.78, 5) is 28.0. The highest BCUT2D eigenvalue weighted by molar-refractivity contribution is 5.92. The minimum absolute atomic E-state index is 0.0282. The lowest BCUT2D eigenvalue weighted by Crippen LogP contribution is -2.50. The zero-order chi connectivity index (χ0) is 33.5. The van der Waals surface area contributed by atoms with E-state index < -0.39 is 30.1 Å². The number of carbonyl (C=O) groups is 2. The van der Waals surface area contributed by atoms with Crippen LogP contribution in [0.2, 0.25) is 0 Å². The summed E-state index contributed by atoms with van der Waals surface area (Å²) in [6.45, 7) is 5.83. The third-order valence-electron chi connectivity index (χ3n) is 9.48. The van der Waals surface area contributed by atoms with Crippen molar-refractivity contribution in [1.82, 2.24) is 10.2 Å². The number of amides is 2. The number of rotatable bonds is 10. The van der Waals surface area contributed by atoms with E-state index in [1.54, 1.807) is 6.07 Å². The predicted molar refractivity (Wildman–Crippen MR) is 178 cm³/mol. The molecule has 3 saturated heterocycles. The maximum atomic E-state index is 13.1. The van der Waals surface area contributed by atoms with Gasteiger partial charge in [-0.25, -0.2) is 9.59 Å².